The van der Waals surface area contributed by atoms with Gasteiger partial charge in [-0.1, -0.05) is 30.3 Å². The first kappa shape index (κ1) is 19.7. The van der Waals surface area contributed by atoms with Crippen LogP contribution in [-0.4, -0.2) is 31.1 Å². The molecule has 24 heavy (non-hydrogen) atoms. The van der Waals surface area contributed by atoms with Crippen LogP contribution in [0.3, 0.4) is 0 Å². The Balaban J connectivity index is 2.39. The summed E-state index contributed by atoms with van der Waals surface area (Å²) in [6.45, 7) is 3.14. The number of rotatable bonds is 9. The van der Waals surface area contributed by atoms with E-state index in [1.54, 1.807) is 6.92 Å². The van der Waals surface area contributed by atoms with Gasteiger partial charge >= 0.3 is 17.9 Å². The molecule has 2 unspecified atom stereocenters. The van der Waals surface area contributed by atoms with Gasteiger partial charge in [0.2, 0.25) is 0 Å². The molecule has 6 nitrogen and oxygen atoms in total. The third-order valence-electron chi connectivity index (χ3n) is 3.56. The predicted molar refractivity (Wildman–Crippen MR) is 86.8 cm³/mol. The molecule has 0 N–H and O–H groups in total. The number of hydrogen-bond donors (Lipinski definition) is 0. The lowest BCUT2D eigenvalue weighted by Crippen LogP contribution is -2.31. The SMILES string of the molecule is COC(=O)C(C)C(CCCC(=O)OCc1ccccc1)OC(C)=O. The molecule has 0 aliphatic carbocycles. The van der Waals surface area contributed by atoms with Crippen molar-refractivity contribution in [2.45, 2.75) is 45.8 Å². The number of ether oxygens (including phenoxy) is 3. The molecule has 0 amide bonds. The van der Waals surface area contributed by atoms with Crippen molar-refractivity contribution in [3.63, 3.8) is 0 Å². The Labute approximate surface area is 142 Å². The van der Waals surface area contributed by atoms with Gasteiger partial charge in [-0.3, -0.25) is 14.4 Å². The van der Waals surface area contributed by atoms with Crippen LogP contribution in [-0.2, 0) is 35.2 Å². The molecule has 6 heteroatoms. The Morgan fingerprint density at radius 1 is 1.12 bits per heavy atom. The highest BCUT2D eigenvalue weighted by atomic mass is 16.6. The summed E-state index contributed by atoms with van der Waals surface area (Å²) in [5.41, 5.74) is 0.919. The minimum atomic E-state index is -0.614. The van der Waals surface area contributed by atoms with Crippen LogP contribution in [0.5, 0.6) is 0 Å². The highest BCUT2D eigenvalue weighted by Crippen LogP contribution is 2.17. The summed E-state index contributed by atoms with van der Waals surface area (Å²) < 4.78 is 15.0. The topological polar surface area (TPSA) is 78.9 Å². The van der Waals surface area contributed by atoms with E-state index in [9.17, 15) is 14.4 Å². The van der Waals surface area contributed by atoms with Gasteiger partial charge in [0.15, 0.2) is 0 Å². The standard InChI is InChI=1S/C18H24O6/c1-13(18(21)22-3)16(24-14(2)19)10-7-11-17(20)23-12-15-8-5-4-6-9-15/h4-6,8-9,13,16H,7,10-12H2,1-3H3. The molecule has 1 aromatic rings. The number of carbonyl (C=O) groups excluding carboxylic acids is 3. The molecule has 0 aliphatic rings. The fourth-order valence-electron chi connectivity index (χ4n) is 2.22. The quantitative estimate of drug-likeness (QED) is 0.509. The normalized spacial score (nSPS) is 12.8. The minimum absolute atomic E-state index is 0.193. The Bertz CT molecular complexity index is 540. The molecule has 0 saturated heterocycles. The van der Waals surface area contributed by atoms with Crippen molar-refractivity contribution in [3.05, 3.63) is 35.9 Å². The second-order valence-corrected chi connectivity index (χ2v) is 5.50. The number of carbonyl (C=O) groups is 3. The monoisotopic (exact) mass is 336 g/mol. The van der Waals surface area contributed by atoms with Gasteiger partial charge in [0.05, 0.1) is 13.0 Å². The van der Waals surface area contributed by atoms with E-state index < -0.39 is 24.0 Å². The van der Waals surface area contributed by atoms with Gasteiger partial charge in [-0.15, -0.1) is 0 Å². The fraction of sp³-hybridized carbons (Fsp3) is 0.500. The molecular formula is C18H24O6. The summed E-state index contributed by atoms with van der Waals surface area (Å²) in [6, 6.07) is 9.40. The van der Waals surface area contributed by atoms with Crippen LogP contribution < -0.4 is 0 Å². The third kappa shape index (κ3) is 7.26. The van der Waals surface area contributed by atoms with Crippen LogP contribution in [0.15, 0.2) is 30.3 Å². The van der Waals surface area contributed by atoms with Crippen LogP contribution in [0.4, 0.5) is 0 Å². The van der Waals surface area contributed by atoms with Crippen molar-refractivity contribution < 1.29 is 28.6 Å². The zero-order chi connectivity index (χ0) is 17.9. The largest absolute Gasteiger partial charge is 0.469 e. The van der Waals surface area contributed by atoms with Crippen LogP contribution in [0.2, 0.25) is 0 Å². The predicted octanol–water partition coefficient (Wildman–Crippen LogP) is 2.64. The Kier molecular flexibility index (Phi) is 8.54. The lowest BCUT2D eigenvalue weighted by molar-refractivity contribution is -0.158. The summed E-state index contributed by atoms with van der Waals surface area (Å²) >= 11 is 0. The lowest BCUT2D eigenvalue weighted by atomic mass is 9.99. The molecule has 0 radical (unpaired) electrons. The van der Waals surface area contributed by atoms with Crippen molar-refractivity contribution in [3.8, 4) is 0 Å². The molecule has 132 valence electrons. The lowest BCUT2D eigenvalue weighted by Gasteiger charge is -2.21. The van der Waals surface area contributed by atoms with Crippen LogP contribution >= 0.6 is 0 Å². The van der Waals surface area contributed by atoms with E-state index in [0.29, 0.717) is 12.8 Å². The Morgan fingerprint density at radius 3 is 2.38 bits per heavy atom. The smallest absolute Gasteiger partial charge is 0.312 e. The van der Waals surface area contributed by atoms with E-state index in [1.165, 1.54) is 14.0 Å². The highest BCUT2D eigenvalue weighted by Gasteiger charge is 2.27. The molecule has 0 bridgehead atoms. The average Bonchev–Trinajstić information content (AvgIpc) is 2.58. The number of benzene rings is 1. The molecule has 0 saturated carbocycles. The zero-order valence-corrected chi connectivity index (χ0v) is 14.3. The zero-order valence-electron chi connectivity index (χ0n) is 14.3. The van der Waals surface area contributed by atoms with Gasteiger partial charge in [0.25, 0.3) is 0 Å². The average molecular weight is 336 g/mol. The maximum atomic E-state index is 11.8. The van der Waals surface area contributed by atoms with E-state index in [2.05, 4.69) is 4.74 Å². The van der Waals surface area contributed by atoms with E-state index in [4.69, 9.17) is 9.47 Å². The number of esters is 3. The summed E-state index contributed by atoms with van der Waals surface area (Å²) in [5.74, 6) is -1.83. The first-order valence-electron chi connectivity index (χ1n) is 7.88. The summed E-state index contributed by atoms with van der Waals surface area (Å²) in [4.78, 5) is 34.5. The molecule has 1 aromatic carbocycles. The van der Waals surface area contributed by atoms with Gasteiger partial charge < -0.3 is 14.2 Å². The summed E-state index contributed by atoms with van der Waals surface area (Å²) in [6.07, 6.45) is 0.415. The van der Waals surface area contributed by atoms with Crippen molar-refractivity contribution >= 4 is 17.9 Å². The van der Waals surface area contributed by atoms with Gasteiger partial charge in [-0.05, 0) is 25.3 Å². The first-order chi connectivity index (χ1) is 11.4. The fourth-order valence-corrected chi connectivity index (χ4v) is 2.22. The van der Waals surface area contributed by atoms with Crippen LogP contribution in [0.1, 0.15) is 38.7 Å². The van der Waals surface area contributed by atoms with E-state index in [0.717, 1.165) is 5.56 Å². The second-order valence-electron chi connectivity index (χ2n) is 5.50. The molecular weight excluding hydrogens is 312 g/mol. The minimum Gasteiger partial charge on any atom is -0.469 e. The van der Waals surface area contributed by atoms with Gasteiger partial charge in [0, 0.05) is 13.3 Å². The summed E-state index contributed by atoms with van der Waals surface area (Å²) in [7, 11) is 1.28. The van der Waals surface area contributed by atoms with Crippen molar-refractivity contribution in [1.82, 2.24) is 0 Å². The van der Waals surface area contributed by atoms with E-state index >= 15 is 0 Å². The third-order valence-corrected chi connectivity index (χ3v) is 3.56. The summed E-state index contributed by atoms with van der Waals surface area (Å²) in [5, 5.41) is 0. The molecule has 0 aromatic heterocycles. The molecule has 0 heterocycles. The molecule has 0 aliphatic heterocycles. The second kappa shape index (κ2) is 10.4. The maximum Gasteiger partial charge on any atom is 0.312 e. The Hall–Kier alpha value is -2.37. The van der Waals surface area contributed by atoms with Crippen LogP contribution in [0.25, 0.3) is 0 Å². The van der Waals surface area contributed by atoms with Gasteiger partial charge in [-0.2, -0.15) is 0 Å². The van der Waals surface area contributed by atoms with Crippen molar-refractivity contribution in [1.29, 1.82) is 0 Å². The highest BCUT2D eigenvalue weighted by molar-refractivity contribution is 5.73. The maximum absolute atomic E-state index is 11.8. The molecule has 0 fully saturated rings. The molecule has 2 atom stereocenters. The number of methoxy groups -OCH3 is 1. The van der Waals surface area contributed by atoms with E-state index in [-0.39, 0.29) is 19.0 Å². The van der Waals surface area contributed by atoms with Gasteiger partial charge in [-0.25, -0.2) is 0 Å². The Morgan fingerprint density at radius 2 is 1.79 bits per heavy atom. The molecule has 0 spiro atoms. The van der Waals surface area contributed by atoms with Crippen molar-refractivity contribution in [2.75, 3.05) is 7.11 Å². The molecule has 1 rings (SSSR count). The van der Waals surface area contributed by atoms with E-state index in [1.807, 2.05) is 30.3 Å². The van der Waals surface area contributed by atoms with Crippen molar-refractivity contribution in [2.24, 2.45) is 5.92 Å². The number of hydrogen-bond acceptors (Lipinski definition) is 6. The first-order valence-corrected chi connectivity index (χ1v) is 7.88. The van der Waals surface area contributed by atoms with Gasteiger partial charge in [0.1, 0.15) is 12.7 Å². The van der Waals surface area contributed by atoms with Crippen LogP contribution in [0, 0.1) is 5.92 Å².